The third kappa shape index (κ3) is 1.54. The summed E-state index contributed by atoms with van der Waals surface area (Å²) in [6.45, 7) is 4.05. The summed E-state index contributed by atoms with van der Waals surface area (Å²) >= 11 is 0. The summed E-state index contributed by atoms with van der Waals surface area (Å²) in [5.74, 6) is 2.87. The van der Waals surface area contributed by atoms with Gasteiger partial charge in [0.25, 0.3) is 0 Å². The predicted octanol–water partition coefficient (Wildman–Crippen LogP) is 1.42. The smallest absolute Gasteiger partial charge is 0.185 e. The lowest BCUT2D eigenvalue weighted by molar-refractivity contribution is -0.168. The van der Waals surface area contributed by atoms with Crippen LogP contribution in [0, 0.1) is 18.3 Å². The molecule has 0 aromatic heterocycles. The second kappa shape index (κ2) is 4.31. The van der Waals surface area contributed by atoms with E-state index < -0.39 is 5.60 Å². The largest absolute Gasteiger partial charge is 0.376 e. The highest BCUT2D eigenvalue weighted by molar-refractivity contribution is 5.15. The topological polar surface area (TPSA) is 27.7 Å². The van der Waals surface area contributed by atoms with Crippen LogP contribution in [0.4, 0.5) is 0 Å². The normalized spacial score (nSPS) is 42.4. The minimum absolute atomic E-state index is 0.0870. The van der Waals surface area contributed by atoms with E-state index in [1.807, 2.05) is 13.8 Å². The highest BCUT2D eigenvalue weighted by atomic mass is 16.7. The molecule has 1 aliphatic rings. The van der Waals surface area contributed by atoms with E-state index >= 15 is 0 Å². The van der Waals surface area contributed by atoms with Gasteiger partial charge >= 0.3 is 0 Å². The van der Waals surface area contributed by atoms with Gasteiger partial charge in [-0.15, -0.1) is 6.42 Å². The van der Waals surface area contributed by atoms with Crippen LogP contribution in [0.2, 0.25) is 0 Å². The van der Waals surface area contributed by atoms with E-state index in [0.717, 1.165) is 6.42 Å². The van der Waals surface area contributed by atoms with Crippen LogP contribution in [-0.2, 0) is 14.2 Å². The van der Waals surface area contributed by atoms with Crippen molar-refractivity contribution in [3.8, 4) is 12.3 Å². The van der Waals surface area contributed by atoms with Crippen LogP contribution in [0.3, 0.4) is 0 Å². The number of methoxy groups -OCH3 is 2. The van der Waals surface area contributed by atoms with Crippen molar-refractivity contribution in [2.75, 3.05) is 14.2 Å². The van der Waals surface area contributed by atoms with Gasteiger partial charge in [0.2, 0.25) is 0 Å². The van der Waals surface area contributed by atoms with Crippen molar-refractivity contribution in [1.29, 1.82) is 0 Å². The first-order valence-electron chi connectivity index (χ1n) is 4.86. The Labute approximate surface area is 85.7 Å². The molecule has 14 heavy (non-hydrogen) atoms. The summed E-state index contributed by atoms with van der Waals surface area (Å²) in [4.78, 5) is 0. The highest BCUT2D eigenvalue weighted by Gasteiger charge is 2.51. The Morgan fingerprint density at radius 1 is 1.43 bits per heavy atom. The first-order chi connectivity index (χ1) is 6.65. The Morgan fingerprint density at radius 3 is 2.36 bits per heavy atom. The summed E-state index contributed by atoms with van der Waals surface area (Å²) in [7, 11) is 3.25. The van der Waals surface area contributed by atoms with Gasteiger partial charge in [0.05, 0.1) is 0 Å². The average molecular weight is 198 g/mol. The first kappa shape index (κ1) is 11.5. The number of hydrogen-bond acceptors (Lipinski definition) is 3. The molecule has 3 nitrogen and oxygen atoms in total. The molecule has 2 unspecified atom stereocenters. The molecule has 0 saturated carbocycles. The third-order valence-corrected chi connectivity index (χ3v) is 3.10. The van der Waals surface area contributed by atoms with Gasteiger partial charge in [-0.3, -0.25) is 0 Å². The summed E-state index contributed by atoms with van der Waals surface area (Å²) in [6, 6.07) is 0. The number of hydrogen-bond donors (Lipinski definition) is 0. The number of terminal acetylenes is 1. The van der Waals surface area contributed by atoms with Crippen LogP contribution >= 0.6 is 0 Å². The molecular formula is C11H18O3. The van der Waals surface area contributed by atoms with Gasteiger partial charge in [-0.25, -0.2) is 0 Å². The molecule has 0 spiro atoms. The van der Waals surface area contributed by atoms with E-state index in [-0.39, 0.29) is 18.3 Å². The predicted molar refractivity (Wildman–Crippen MR) is 53.7 cm³/mol. The van der Waals surface area contributed by atoms with E-state index in [1.165, 1.54) is 0 Å². The first-order valence-corrected chi connectivity index (χ1v) is 4.86. The maximum Gasteiger partial charge on any atom is 0.185 e. The molecule has 80 valence electrons. The highest BCUT2D eigenvalue weighted by Crippen LogP contribution is 2.39. The van der Waals surface area contributed by atoms with Crippen molar-refractivity contribution in [2.24, 2.45) is 5.92 Å². The summed E-state index contributed by atoms with van der Waals surface area (Å²) < 4.78 is 16.3. The molecule has 3 heteroatoms. The van der Waals surface area contributed by atoms with E-state index in [4.69, 9.17) is 20.6 Å². The van der Waals surface area contributed by atoms with Crippen molar-refractivity contribution >= 4 is 0 Å². The standard InChI is InChI=1S/C11H18O3/c1-6-11(7-2)8(3)9(12-4)10(13-5)14-11/h1,8-10H,7H2,2-5H3/t8?,9?,10-,11-/m1/s1. The van der Waals surface area contributed by atoms with Gasteiger partial charge in [-0.1, -0.05) is 19.8 Å². The van der Waals surface area contributed by atoms with Gasteiger partial charge in [0.15, 0.2) is 6.29 Å². The molecule has 1 rings (SSSR count). The molecule has 4 atom stereocenters. The minimum Gasteiger partial charge on any atom is -0.376 e. The molecule has 0 amide bonds. The fourth-order valence-corrected chi connectivity index (χ4v) is 2.05. The van der Waals surface area contributed by atoms with Gasteiger partial charge in [-0.05, 0) is 6.42 Å². The number of ether oxygens (including phenoxy) is 3. The molecule has 0 radical (unpaired) electrons. The maximum atomic E-state index is 5.73. The lowest BCUT2D eigenvalue weighted by atomic mass is 9.86. The lowest BCUT2D eigenvalue weighted by Gasteiger charge is -2.25. The summed E-state index contributed by atoms with van der Waals surface area (Å²) in [6.07, 6.45) is 5.84. The van der Waals surface area contributed by atoms with E-state index in [9.17, 15) is 0 Å². The molecule has 0 bridgehead atoms. The van der Waals surface area contributed by atoms with Crippen molar-refractivity contribution in [3.63, 3.8) is 0 Å². The van der Waals surface area contributed by atoms with Crippen molar-refractivity contribution in [1.82, 2.24) is 0 Å². The summed E-state index contributed by atoms with van der Waals surface area (Å²) in [5, 5.41) is 0. The van der Waals surface area contributed by atoms with Gasteiger partial charge < -0.3 is 14.2 Å². The Kier molecular flexibility index (Phi) is 3.54. The fourth-order valence-electron chi connectivity index (χ4n) is 2.05. The molecule has 1 aliphatic heterocycles. The second-order valence-corrected chi connectivity index (χ2v) is 3.60. The zero-order chi connectivity index (χ0) is 10.8. The third-order valence-electron chi connectivity index (χ3n) is 3.10. The second-order valence-electron chi connectivity index (χ2n) is 3.60. The Balaban J connectivity index is 2.90. The van der Waals surface area contributed by atoms with Crippen LogP contribution in [0.1, 0.15) is 20.3 Å². The zero-order valence-corrected chi connectivity index (χ0v) is 9.24. The van der Waals surface area contributed by atoms with Crippen LogP contribution in [0.15, 0.2) is 0 Å². The van der Waals surface area contributed by atoms with Crippen molar-refractivity contribution in [3.05, 3.63) is 0 Å². The van der Waals surface area contributed by atoms with Crippen LogP contribution in [-0.4, -0.2) is 32.2 Å². The quantitative estimate of drug-likeness (QED) is 0.642. The van der Waals surface area contributed by atoms with Crippen molar-refractivity contribution in [2.45, 2.75) is 38.3 Å². The van der Waals surface area contributed by atoms with Gasteiger partial charge in [0.1, 0.15) is 11.7 Å². The SMILES string of the molecule is C#C[C@]1(CC)O[C@@H](OC)C(OC)C1C. The molecular weight excluding hydrogens is 180 g/mol. The molecule has 1 heterocycles. The molecule has 1 fully saturated rings. The van der Waals surface area contributed by atoms with Crippen LogP contribution in [0.25, 0.3) is 0 Å². The average Bonchev–Trinajstić information content (AvgIpc) is 2.51. The zero-order valence-electron chi connectivity index (χ0n) is 9.24. The van der Waals surface area contributed by atoms with E-state index in [1.54, 1.807) is 14.2 Å². The Morgan fingerprint density at radius 2 is 2.07 bits per heavy atom. The lowest BCUT2D eigenvalue weighted by Crippen LogP contribution is -2.34. The minimum atomic E-state index is -0.540. The van der Waals surface area contributed by atoms with Crippen LogP contribution in [0.5, 0.6) is 0 Å². The molecule has 1 saturated heterocycles. The monoisotopic (exact) mass is 198 g/mol. The molecule has 0 N–H and O–H groups in total. The van der Waals surface area contributed by atoms with E-state index in [2.05, 4.69) is 5.92 Å². The van der Waals surface area contributed by atoms with Gasteiger partial charge in [-0.2, -0.15) is 0 Å². The number of rotatable bonds is 3. The van der Waals surface area contributed by atoms with E-state index in [0.29, 0.717) is 0 Å². The molecule has 0 aromatic rings. The van der Waals surface area contributed by atoms with Crippen molar-refractivity contribution < 1.29 is 14.2 Å². The molecule has 0 aromatic carbocycles. The fraction of sp³-hybridized carbons (Fsp3) is 0.818. The maximum absolute atomic E-state index is 5.73. The molecule has 0 aliphatic carbocycles. The van der Waals surface area contributed by atoms with Gasteiger partial charge in [0, 0.05) is 20.1 Å². The summed E-state index contributed by atoms with van der Waals surface area (Å²) in [5.41, 5.74) is -0.540. The van der Waals surface area contributed by atoms with Crippen LogP contribution < -0.4 is 0 Å². The Bertz CT molecular complexity index is 233. The Hall–Kier alpha value is -0.560.